The van der Waals surface area contributed by atoms with E-state index < -0.39 is 22.0 Å². The van der Waals surface area contributed by atoms with Crippen LogP contribution in [0.5, 0.6) is 5.75 Å². The summed E-state index contributed by atoms with van der Waals surface area (Å²) in [7, 11) is -2.80. The summed E-state index contributed by atoms with van der Waals surface area (Å²) in [5.41, 5.74) is 0.548. The van der Waals surface area contributed by atoms with Crippen molar-refractivity contribution in [2.45, 2.75) is 44.7 Å². The number of nitrogens with one attached hydrogen (secondary N) is 2. The van der Waals surface area contributed by atoms with Gasteiger partial charge in [0.15, 0.2) is 0 Å². The first-order chi connectivity index (χ1) is 11.6. The smallest absolute Gasteiger partial charge is 0.321 e. The quantitative estimate of drug-likeness (QED) is 0.597. The molecule has 1 aromatic rings. The van der Waals surface area contributed by atoms with Crippen molar-refractivity contribution in [2.75, 3.05) is 7.11 Å². The number of aliphatic carboxylic acids is 1. The molecule has 0 aliphatic heterocycles. The Kier molecular flexibility index (Phi) is 7.38. The van der Waals surface area contributed by atoms with Gasteiger partial charge in [-0.05, 0) is 30.0 Å². The Balaban J connectivity index is 3.18. The molecule has 140 valence electrons. The molecular formula is C16H24N2O6S. The van der Waals surface area contributed by atoms with E-state index >= 15 is 0 Å². The lowest BCUT2D eigenvalue weighted by Crippen LogP contribution is -2.41. The number of sulfonamides is 1. The van der Waals surface area contributed by atoms with Crippen molar-refractivity contribution >= 4 is 21.9 Å². The molecule has 0 fully saturated rings. The first-order valence-electron chi connectivity index (χ1n) is 7.73. The molecule has 1 aromatic carbocycles. The Morgan fingerprint density at radius 1 is 1.28 bits per heavy atom. The van der Waals surface area contributed by atoms with E-state index in [0.29, 0.717) is 5.56 Å². The van der Waals surface area contributed by atoms with Gasteiger partial charge in [0.05, 0.1) is 7.11 Å². The normalized spacial score (nSPS) is 12.7. The fourth-order valence-corrected chi connectivity index (χ4v) is 3.61. The number of carboxylic acids is 1. The number of benzene rings is 1. The SMILES string of the molecule is COc1ccc(CNC(C)=O)cc1S(=O)(=O)N[C@@H](CC(C)C)C(=O)O. The minimum absolute atomic E-state index is 0.00297. The molecule has 0 saturated heterocycles. The lowest BCUT2D eigenvalue weighted by atomic mass is 10.1. The third-order valence-corrected chi connectivity index (χ3v) is 4.85. The Morgan fingerprint density at radius 2 is 1.92 bits per heavy atom. The van der Waals surface area contributed by atoms with Crippen LogP contribution in [-0.4, -0.2) is 38.6 Å². The van der Waals surface area contributed by atoms with Crippen molar-refractivity contribution in [3.05, 3.63) is 23.8 Å². The third kappa shape index (κ3) is 6.35. The van der Waals surface area contributed by atoms with Crippen LogP contribution >= 0.6 is 0 Å². The molecule has 0 spiro atoms. The second kappa shape index (κ2) is 8.82. The van der Waals surface area contributed by atoms with Gasteiger partial charge in [-0.25, -0.2) is 8.42 Å². The average molecular weight is 372 g/mol. The minimum atomic E-state index is -4.12. The number of hydrogen-bond acceptors (Lipinski definition) is 5. The highest BCUT2D eigenvalue weighted by atomic mass is 32.2. The van der Waals surface area contributed by atoms with Gasteiger partial charge in [0.2, 0.25) is 15.9 Å². The van der Waals surface area contributed by atoms with Crippen LogP contribution in [0.3, 0.4) is 0 Å². The summed E-state index contributed by atoms with van der Waals surface area (Å²) >= 11 is 0. The number of hydrogen-bond donors (Lipinski definition) is 3. The first-order valence-corrected chi connectivity index (χ1v) is 9.21. The van der Waals surface area contributed by atoms with Gasteiger partial charge in [-0.2, -0.15) is 4.72 Å². The zero-order chi connectivity index (χ0) is 19.2. The summed E-state index contributed by atoms with van der Waals surface area (Å²) in [4.78, 5) is 22.2. The molecule has 8 nitrogen and oxygen atoms in total. The first kappa shape index (κ1) is 20.9. The molecule has 0 unspecified atom stereocenters. The highest BCUT2D eigenvalue weighted by Gasteiger charge is 2.28. The van der Waals surface area contributed by atoms with E-state index in [1.807, 2.05) is 0 Å². The van der Waals surface area contributed by atoms with E-state index in [1.165, 1.54) is 26.2 Å². The predicted molar refractivity (Wildman–Crippen MR) is 91.7 cm³/mol. The predicted octanol–water partition coefficient (Wildman–Crippen LogP) is 1.11. The van der Waals surface area contributed by atoms with Crippen LogP contribution in [0.4, 0.5) is 0 Å². The molecule has 0 saturated carbocycles. The Bertz CT molecular complexity index is 730. The number of carbonyl (C=O) groups excluding carboxylic acids is 1. The molecule has 0 bridgehead atoms. The lowest BCUT2D eigenvalue weighted by Gasteiger charge is -2.18. The van der Waals surface area contributed by atoms with Gasteiger partial charge in [0.1, 0.15) is 16.7 Å². The van der Waals surface area contributed by atoms with E-state index in [2.05, 4.69) is 10.0 Å². The molecule has 0 aliphatic carbocycles. The van der Waals surface area contributed by atoms with Gasteiger partial charge >= 0.3 is 5.97 Å². The summed E-state index contributed by atoms with van der Waals surface area (Å²) < 4.78 is 32.6. The summed E-state index contributed by atoms with van der Waals surface area (Å²) in [5.74, 6) is -1.41. The van der Waals surface area contributed by atoms with Crippen molar-refractivity contribution in [1.29, 1.82) is 0 Å². The van der Waals surface area contributed by atoms with Gasteiger partial charge in [0.25, 0.3) is 0 Å². The molecular weight excluding hydrogens is 348 g/mol. The Morgan fingerprint density at radius 3 is 2.40 bits per heavy atom. The molecule has 0 aliphatic rings. The van der Waals surface area contributed by atoms with Gasteiger partial charge < -0.3 is 15.2 Å². The van der Waals surface area contributed by atoms with Crippen molar-refractivity contribution < 1.29 is 27.9 Å². The molecule has 1 amide bonds. The fraction of sp³-hybridized carbons (Fsp3) is 0.500. The average Bonchev–Trinajstić information content (AvgIpc) is 2.51. The number of ether oxygens (including phenoxy) is 1. The van der Waals surface area contributed by atoms with Crippen LogP contribution in [0.25, 0.3) is 0 Å². The second-order valence-corrected chi connectivity index (χ2v) is 7.72. The molecule has 1 atom stereocenters. The molecule has 3 N–H and O–H groups in total. The second-order valence-electron chi connectivity index (χ2n) is 6.04. The van der Waals surface area contributed by atoms with Crippen LogP contribution in [-0.2, 0) is 26.2 Å². The summed E-state index contributed by atoms with van der Waals surface area (Å²) in [5, 5.41) is 11.8. The number of carboxylic acid groups (broad SMARTS) is 1. The fourth-order valence-electron chi connectivity index (χ4n) is 2.19. The number of rotatable bonds is 9. The zero-order valence-electron chi connectivity index (χ0n) is 14.7. The van der Waals surface area contributed by atoms with Crippen LogP contribution in [0, 0.1) is 5.92 Å². The van der Waals surface area contributed by atoms with Gasteiger partial charge in [-0.15, -0.1) is 0 Å². The zero-order valence-corrected chi connectivity index (χ0v) is 15.5. The number of methoxy groups -OCH3 is 1. The third-order valence-electron chi connectivity index (χ3n) is 3.36. The topological polar surface area (TPSA) is 122 Å². The summed E-state index contributed by atoms with van der Waals surface area (Å²) in [6.45, 7) is 5.11. The van der Waals surface area contributed by atoms with Crippen LogP contribution < -0.4 is 14.8 Å². The summed E-state index contributed by atoms with van der Waals surface area (Å²) in [6.07, 6.45) is 0.155. The van der Waals surface area contributed by atoms with Gasteiger partial charge in [-0.1, -0.05) is 19.9 Å². The summed E-state index contributed by atoms with van der Waals surface area (Å²) in [6, 6.07) is 3.19. The largest absolute Gasteiger partial charge is 0.495 e. The molecule has 1 rings (SSSR count). The highest BCUT2D eigenvalue weighted by molar-refractivity contribution is 7.89. The van der Waals surface area contributed by atoms with E-state index in [9.17, 15) is 23.1 Å². The van der Waals surface area contributed by atoms with Crippen LogP contribution in [0.1, 0.15) is 32.8 Å². The minimum Gasteiger partial charge on any atom is -0.495 e. The number of carbonyl (C=O) groups is 2. The van der Waals surface area contributed by atoms with Gasteiger partial charge in [0, 0.05) is 13.5 Å². The maximum absolute atomic E-state index is 12.7. The van der Waals surface area contributed by atoms with E-state index in [0.717, 1.165) is 0 Å². The van der Waals surface area contributed by atoms with Crippen molar-refractivity contribution in [2.24, 2.45) is 5.92 Å². The van der Waals surface area contributed by atoms with Gasteiger partial charge in [-0.3, -0.25) is 9.59 Å². The van der Waals surface area contributed by atoms with Crippen LogP contribution in [0.15, 0.2) is 23.1 Å². The maximum Gasteiger partial charge on any atom is 0.321 e. The van der Waals surface area contributed by atoms with Crippen molar-refractivity contribution in [1.82, 2.24) is 10.0 Å². The monoisotopic (exact) mass is 372 g/mol. The molecule has 25 heavy (non-hydrogen) atoms. The van der Waals surface area contributed by atoms with E-state index in [4.69, 9.17) is 4.74 Å². The Labute approximate surface area is 147 Å². The molecule has 0 heterocycles. The molecule has 9 heteroatoms. The van der Waals surface area contributed by atoms with Crippen molar-refractivity contribution in [3.63, 3.8) is 0 Å². The molecule has 0 radical (unpaired) electrons. The highest BCUT2D eigenvalue weighted by Crippen LogP contribution is 2.25. The van der Waals surface area contributed by atoms with E-state index in [-0.39, 0.29) is 35.4 Å². The maximum atomic E-state index is 12.7. The lowest BCUT2D eigenvalue weighted by molar-refractivity contribution is -0.139. The van der Waals surface area contributed by atoms with Crippen LogP contribution in [0.2, 0.25) is 0 Å². The van der Waals surface area contributed by atoms with Crippen molar-refractivity contribution in [3.8, 4) is 5.75 Å². The standard InChI is InChI=1S/C16H24N2O6S/c1-10(2)7-13(16(20)21)18-25(22,23)15-8-12(9-17-11(3)19)5-6-14(15)24-4/h5-6,8,10,13,18H,7,9H2,1-4H3,(H,17,19)(H,20,21)/t13-/m0/s1. The number of amides is 1. The molecule has 0 aromatic heterocycles. The Hall–Kier alpha value is -2.13. The van der Waals surface area contributed by atoms with E-state index in [1.54, 1.807) is 19.9 Å².